The summed E-state index contributed by atoms with van der Waals surface area (Å²) in [5, 5.41) is 2.97. The Kier molecular flexibility index (Phi) is 5.55. The van der Waals surface area contributed by atoms with Crippen LogP contribution in [-0.2, 0) is 4.79 Å². The van der Waals surface area contributed by atoms with Crippen molar-refractivity contribution < 1.29 is 9.53 Å². The molecule has 0 saturated heterocycles. The molecule has 0 fully saturated rings. The van der Waals surface area contributed by atoms with Gasteiger partial charge in [0.15, 0.2) is 0 Å². The molecule has 0 spiro atoms. The summed E-state index contributed by atoms with van der Waals surface area (Å²) in [6.07, 6.45) is 3.15. The van der Waals surface area contributed by atoms with Crippen LogP contribution in [0.3, 0.4) is 0 Å². The average molecular weight is 377 g/mol. The monoisotopic (exact) mass is 377 g/mol. The van der Waals surface area contributed by atoms with Crippen LogP contribution in [0.15, 0.2) is 58.1 Å². The molecule has 3 rings (SSSR count). The second-order valence-corrected chi connectivity index (χ2v) is 6.10. The SMILES string of the molecule is COc1ccc(/C=c2\[nH]c(=O)/c(=C/c3ccc(NC(C)=O)cc3)[nH]c2=O)cc1. The number of benzene rings is 2. The Balaban J connectivity index is 1.96. The molecule has 0 aliphatic rings. The topological polar surface area (TPSA) is 104 Å². The first-order valence-corrected chi connectivity index (χ1v) is 8.52. The summed E-state index contributed by atoms with van der Waals surface area (Å²) in [7, 11) is 1.57. The Labute approximate surface area is 160 Å². The van der Waals surface area contributed by atoms with Crippen molar-refractivity contribution in [1.29, 1.82) is 0 Å². The molecular weight excluding hydrogens is 358 g/mol. The number of carbonyl (C=O) groups is 1. The van der Waals surface area contributed by atoms with Gasteiger partial charge in [0, 0.05) is 12.6 Å². The molecule has 142 valence electrons. The predicted octanol–water partition coefficient (Wildman–Crippen LogP) is 0.688. The van der Waals surface area contributed by atoms with E-state index in [0.717, 1.165) is 5.56 Å². The van der Waals surface area contributed by atoms with Gasteiger partial charge in [0.1, 0.15) is 16.4 Å². The largest absolute Gasteiger partial charge is 0.497 e. The fourth-order valence-corrected chi connectivity index (χ4v) is 2.60. The minimum atomic E-state index is -0.412. The lowest BCUT2D eigenvalue weighted by Gasteiger charge is -2.01. The smallest absolute Gasteiger partial charge is 0.272 e. The molecule has 1 aromatic heterocycles. The number of rotatable bonds is 4. The molecule has 0 atom stereocenters. The first-order chi connectivity index (χ1) is 13.4. The zero-order valence-corrected chi connectivity index (χ0v) is 15.4. The van der Waals surface area contributed by atoms with Gasteiger partial charge in [-0.1, -0.05) is 24.3 Å². The Morgan fingerprint density at radius 3 is 1.75 bits per heavy atom. The fraction of sp³-hybridized carbons (Fsp3) is 0.0952. The number of carbonyl (C=O) groups excluding carboxylic acids is 1. The van der Waals surface area contributed by atoms with E-state index >= 15 is 0 Å². The van der Waals surface area contributed by atoms with Gasteiger partial charge in [0.05, 0.1) is 7.11 Å². The van der Waals surface area contributed by atoms with E-state index in [9.17, 15) is 14.4 Å². The first kappa shape index (κ1) is 18.9. The molecule has 3 aromatic rings. The molecule has 0 saturated carbocycles. The molecule has 7 nitrogen and oxygen atoms in total. The van der Waals surface area contributed by atoms with Gasteiger partial charge in [-0.25, -0.2) is 0 Å². The van der Waals surface area contributed by atoms with Crippen LogP contribution in [0.2, 0.25) is 0 Å². The van der Waals surface area contributed by atoms with Gasteiger partial charge < -0.3 is 20.0 Å². The lowest BCUT2D eigenvalue weighted by atomic mass is 10.2. The van der Waals surface area contributed by atoms with Crippen LogP contribution < -0.4 is 31.9 Å². The van der Waals surface area contributed by atoms with Crippen LogP contribution in [0, 0.1) is 0 Å². The molecule has 3 N–H and O–H groups in total. The van der Waals surface area contributed by atoms with Crippen molar-refractivity contribution >= 4 is 23.7 Å². The Morgan fingerprint density at radius 2 is 1.32 bits per heavy atom. The van der Waals surface area contributed by atoms with Crippen molar-refractivity contribution in [1.82, 2.24) is 9.97 Å². The van der Waals surface area contributed by atoms with Gasteiger partial charge >= 0.3 is 0 Å². The van der Waals surface area contributed by atoms with Crippen molar-refractivity contribution in [2.75, 3.05) is 12.4 Å². The second-order valence-electron chi connectivity index (χ2n) is 6.10. The maximum Gasteiger partial charge on any atom is 0.272 e. The molecule has 0 unspecified atom stereocenters. The zero-order chi connectivity index (χ0) is 20.1. The van der Waals surface area contributed by atoms with Gasteiger partial charge in [-0.2, -0.15) is 0 Å². The number of aromatic amines is 2. The van der Waals surface area contributed by atoms with Crippen LogP contribution in [0.25, 0.3) is 12.2 Å². The highest BCUT2D eigenvalue weighted by Gasteiger charge is 1.99. The number of methoxy groups -OCH3 is 1. The number of H-pyrrole nitrogens is 2. The van der Waals surface area contributed by atoms with E-state index in [2.05, 4.69) is 15.3 Å². The lowest BCUT2D eigenvalue weighted by molar-refractivity contribution is -0.114. The molecule has 28 heavy (non-hydrogen) atoms. The Bertz CT molecular complexity index is 1220. The van der Waals surface area contributed by atoms with Crippen molar-refractivity contribution in [2.24, 2.45) is 0 Å². The molecular formula is C21H19N3O4. The highest BCUT2D eigenvalue weighted by atomic mass is 16.5. The second kappa shape index (κ2) is 8.22. The lowest BCUT2D eigenvalue weighted by Crippen LogP contribution is -2.46. The van der Waals surface area contributed by atoms with Crippen LogP contribution in [0.5, 0.6) is 5.75 Å². The highest BCUT2D eigenvalue weighted by Crippen LogP contribution is 2.11. The molecule has 0 aliphatic carbocycles. The summed E-state index contributed by atoms with van der Waals surface area (Å²) in [6.45, 7) is 1.43. The Hall–Kier alpha value is -3.87. The van der Waals surface area contributed by atoms with Crippen molar-refractivity contribution in [3.63, 3.8) is 0 Å². The third-order valence-corrected chi connectivity index (χ3v) is 3.95. The van der Waals surface area contributed by atoms with Gasteiger partial charge in [-0.05, 0) is 47.5 Å². The number of amides is 1. The minimum absolute atomic E-state index is 0.143. The normalized spacial score (nSPS) is 12.1. The Morgan fingerprint density at radius 1 is 0.857 bits per heavy atom. The molecule has 0 radical (unpaired) electrons. The molecule has 0 bridgehead atoms. The third-order valence-electron chi connectivity index (χ3n) is 3.95. The number of anilines is 1. The third kappa shape index (κ3) is 4.64. The van der Waals surface area contributed by atoms with Crippen molar-refractivity contribution in [3.05, 3.63) is 91.1 Å². The maximum atomic E-state index is 12.3. The summed E-state index contributed by atoms with van der Waals surface area (Å²) in [4.78, 5) is 40.9. The van der Waals surface area contributed by atoms with Crippen LogP contribution in [-0.4, -0.2) is 23.0 Å². The van der Waals surface area contributed by atoms with E-state index in [1.807, 2.05) is 0 Å². The number of hydrogen-bond acceptors (Lipinski definition) is 4. The quantitative estimate of drug-likeness (QED) is 0.622. The summed E-state index contributed by atoms with van der Waals surface area (Å²) in [6, 6.07) is 14.0. The summed E-state index contributed by atoms with van der Waals surface area (Å²) in [5.74, 6) is 0.537. The van der Waals surface area contributed by atoms with E-state index in [1.54, 1.807) is 67.8 Å². The minimum Gasteiger partial charge on any atom is -0.497 e. The standard InChI is InChI=1S/C21H19N3O4/c1-13(25)22-16-7-3-14(4-8-16)11-18-20(26)24-19(21(27)23-18)12-15-5-9-17(28-2)10-6-15/h3-12H,1-2H3,(H,22,25)(H,23,27)(H,24,26)/b18-11-,19-12-. The van der Waals surface area contributed by atoms with Crippen molar-refractivity contribution in [3.8, 4) is 5.75 Å². The van der Waals surface area contributed by atoms with E-state index in [-0.39, 0.29) is 16.6 Å². The molecule has 7 heteroatoms. The van der Waals surface area contributed by atoms with Gasteiger partial charge in [0.25, 0.3) is 11.1 Å². The van der Waals surface area contributed by atoms with Gasteiger partial charge in [-0.3, -0.25) is 14.4 Å². The van der Waals surface area contributed by atoms with Crippen LogP contribution in [0.1, 0.15) is 18.1 Å². The van der Waals surface area contributed by atoms with E-state index < -0.39 is 11.1 Å². The predicted molar refractivity (Wildman–Crippen MR) is 108 cm³/mol. The molecule has 1 heterocycles. The zero-order valence-electron chi connectivity index (χ0n) is 15.4. The summed E-state index contributed by atoms with van der Waals surface area (Å²) in [5.41, 5.74) is 1.30. The van der Waals surface area contributed by atoms with Crippen molar-refractivity contribution in [2.45, 2.75) is 6.92 Å². The summed E-state index contributed by atoms with van der Waals surface area (Å²) >= 11 is 0. The van der Waals surface area contributed by atoms with E-state index in [0.29, 0.717) is 17.0 Å². The average Bonchev–Trinajstić information content (AvgIpc) is 2.67. The fourth-order valence-electron chi connectivity index (χ4n) is 2.60. The highest BCUT2D eigenvalue weighted by molar-refractivity contribution is 5.88. The molecule has 1 amide bonds. The number of nitrogens with one attached hydrogen (secondary N) is 3. The van der Waals surface area contributed by atoms with E-state index in [4.69, 9.17) is 4.74 Å². The van der Waals surface area contributed by atoms with E-state index in [1.165, 1.54) is 6.92 Å². The number of hydrogen-bond donors (Lipinski definition) is 3. The van der Waals surface area contributed by atoms with Crippen LogP contribution >= 0.6 is 0 Å². The van der Waals surface area contributed by atoms with Gasteiger partial charge in [-0.15, -0.1) is 0 Å². The van der Waals surface area contributed by atoms with Crippen LogP contribution in [0.4, 0.5) is 5.69 Å². The molecule has 2 aromatic carbocycles. The molecule has 0 aliphatic heterocycles. The van der Waals surface area contributed by atoms with Gasteiger partial charge in [0.2, 0.25) is 5.91 Å². The summed E-state index contributed by atoms with van der Waals surface area (Å²) < 4.78 is 5.10. The first-order valence-electron chi connectivity index (χ1n) is 8.52. The number of ether oxygens (including phenoxy) is 1. The number of aromatic nitrogens is 2. The maximum absolute atomic E-state index is 12.3.